The maximum Gasteiger partial charge on any atom is 0.149 e. The summed E-state index contributed by atoms with van der Waals surface area (Å²) in [6.45, 7) is 5.22. The molecule has 0 saturated carbocycles. The van der Waals surface area contributed by atoms with Crippen LogP contribution in [0, 0.1) is 17.2 Å². The van der Waals surface area contributed by atoms with Crippen molar-refractivity contribution >= 4 is 11.5 Å². The van der Waals surface area contributed by atoms with Crippen LogP contribution in [0.25, 0.3) is 0 Å². The molecule has 0 unspecified atom stereocenters. The standard InChI is InChI=1S/C12H18N4/c1-3-9(4-2)7-15-12-11(14)5-10(6-13)8-16-12/h5,8-9H,3-4,7,14H2,1-2H3,(H,15,16). The van der Waals surface area contributed by atoms with Crippen molar-refractivity contribution in [3.05, 3.63) is 17.8 Å². The molecule has 3 N–H and O–H groups in total. The van der Waals surface area contributed by atoms with Crippen LogP contribution in [0.1, 0.15) is 32.3 Å². The van der Waals surface area contributed by atoms with Crippen molar-refractivity contribution < 1.29 is 0 Å². The van der Waals surface area contributed by atoms with E-state index in [0.29, 0.717) is 23.0 Å². The highest BCUT2D eigenvalue weighted by molar-refractivity contribution is 5.62. The van der Waals surface area contributed by atoms with E-state index in [-0.39, 0.29) is 0 Å². The van der Waals surface area contributed by atoms with Gasteiger partial charge in [0, 0.05) is 12.7 Å². The maximum absolute atomic E-state index is 8.68. The molecule has 0 aliphatic carbocycles. The second-order valence-electron chi connectivity index (χ2n) is 3.84. The number of rotatable bonds is 5. The molecule has 0 aliphatic rings. The van der Waals surface area contributed by atoms with Gasteiger partial charge in [-0.1, -0.05) is 26.7 Å². The molecule has 1 aromatic heterocycles. The largest absolute Gasteiger partial charge is 0.396 e. The van der Waals surface area contributed by atoms with Gasteiger partial charge in [-0.25, -0.2) is 4.98 Å². The minimum atomic E-state index is 0.491. The molecule has 0 bridgehead atoms. The Morgan fingerprint density at radius 1 is 1.50 bits per heavy atom. The maximum atomic E-state index is 8.68. The molecular formula is C12H18N4. The zero-order chi connectivity index (χ0) is 12.0. The fourth-order valence-electron chi connectivity index (χ4n) is 1.51. The van der Waals surface area contributed by atoms with E-state index in [1.807, 2.05) is 6.07 Å². The van der Waals surface area contributed by atoms with Gasteiger partial charge in [0.05, 0.1) is 11.3 Å². The van der Waals surface area contributed by atoms with Crippen molar-refractivity contribution in [1.29, 1.82) is 5.26 Å². The molecule has 86 valence electrons. The molecule has 0 atom stereocenters. The number of pyridine rings is 1. The van der Waals surface area contributed by atoms with Crippen molar-refractivity contribution in [2.45, 2.75) is 26.7 Å². The van der Waals surface area contributed by atoms with Crippen molar-refractivity contribution in [2.24, 2.45) is 5.92 Å². The molecule has 0 spiro atoms. The molecular weight excluding hydrogens is 200 g/mol. The minimum absolute atomic E-state index is 0.491. The summed E-state index contributed by atoms with van der Waals surface area (Å²) in [6.07, 6.45) is 3.81. The number of nitriles is 1. The number of hydrogen-bond acceptors (Lipinski definition) is 4. The second-order valence-corrected chi connectivity index (χ2v) is 3.84. The Morgan fingerprint density at radius 2 is 2.19 bits per heavy atom. The van der Waals surface area contributed by atoms with Crippen LogP contribution in [0.4, 0.5) is 11.5 Å². The Morgan fingerprint density at radius 3 is 2.69 bits per heavy atom. The van der Waals surface area contributed by atoms with Crippen LogP contribution in [-0.4, -0.2) is 11.5 Å². The molecule has 0 aliphatic heterocycles. The van der Waals surface area contributed by atoms with Crippen molar-refractivity contribution in [3.8, 4) is 6.07 Å². The molecule has 0 amide bonds. The topological polar surface area (TPSA) is 74.7 Å². The summed E-state index contributed by atoms with van der Waals surface area (Å²) in [7, 11) is 0. The zero-order valence-electron chi connectivity index (χ0n) is 9.83. The highest BCUT2D eigenvalue weighted by Crippen LogP contribution is 2.17. The molecule has 0 fully saturated rings. The first-order valence-electron chi connectivity index (χ1n) is 5.60. The lowest BCUT2D eigenvalue weighted by atomic mass is 10.0. The van der Waals surface area contributed by atoms with Gasteiger partial charge in [0.25, 0.3) is 0 Å². The predicted molar refractivity (Wildman–Crippen MR) is 65.9 cm³/mol. The van der Waals surface area contributed by atoms with E-state index in [9.17, 15) is 0 Å². The van der Waals surface area contributed by atoms with Gasteiger partial charge in [-0.3, -0.25) is 0 Å². The summed E-state index contributed by atoms with van der Waals surface area (Å²) in [4.78, 5) is 4.13. The average molecular weight is 218 g/mol. The van der Waals surface area contributed by atoms with E-state index in [0.717, 1.165) is 19.4 Å². The Labute approximate surface area is 96.5 Å². The number of nitrogen functional groups attached to an aromatic ring is 1. The number of nitrogens with one attached hydrogen (secondary N) is 1. The van der Waals surface area contributed by atoms with Gasteiger partial charge in [-0.05, 0) is 12.0 Å². The third-order valence-corrected chi connectivity index (χ3v) is 2.76. The lowest BCUT2D eigenvalue weighted by Gasteiger charge is -2.14. The first-order chi connectivity index (χ1) is 7.71. The molecule has 0 aromatic carbocycles. The van der Waals surface area contributed by atoms with Crippen LogP contribution in [0.15, 0.2) is 12.3 Å². The molecule has 0 radical (unpaired) electrons. The van der Waals surface area contributed by atoms with Crippen LogP contribution in [0.5, 0.6) is 0 Å². The third kappa shape index (κ3) is 3.13. The summed E-state index contributed by atoms with van der Waals surface area (Å²) in [6, 6.07) is 3.65. The van der Waals surface area contributed by atoms with E-state index >= 15 is 0 Å². The van der Waals surface area contributed by atoms with Gasteiger partial charge in [0.15, 0.2) is 0 Å². The van der Waals surface area contributed by atoms with Crippen LogP contribution < -0.4 is 11.1 Å². The third-order valence-electron chi connectivity index (χ3n) is 2.76. The van der Waals surface area contributed by atoms with Gasteiger partial charge < -0.3 is 11.1 Å². The monoisotopic (exact) mass is 218 g/mol. The molecule has 4 heteroatoms. The summed E-state index contributed by atoms with van der Waals surface area (Å²) in [5.74, 6) is 1.31. The molecule has 16 heavy (non-hydrogen) atoms. The number of nitrogens with zero attached hydrogens (tertiary/aromatic N) is 2. The number of anilines is 2. The van der Waals surface area contributed by atoms with Crippen molar-refractivity contribution in [2.75, 3.05) is 17.6 Å². The van der Waals surface area contributed by atoms with E-state index < -0.39 is 0 Å². The average Bonchev–Trinajstić information content (AvgIpc) is 2.32. The second kappa shape index (κ2) is 5.96. The number of nitrogens with two attached hydrogens (primary N) is 1. The fraction of sp³-hybridized carbons (Fsp3) is 0.500. The quantitative estimate of drug-likeness (QED) is 0.795. The van der Waals surface area contributed by atoms with Crippen LogP contribution >= 0.6 is 0 Å². The normalized spacial score (nSPS) is 10.1. The summed E-state index contributed by atoms with van der Waals surface area (Å²) in [5.41, 5.74) is 6.81. The summed E-state index contributed by atoms with van der Waals surface area (Å²) < 4.78 is 0. The Kier molecular flexibility index (Phi) is 4.59. The highest BCUT2D eigenvalue weighted by atomic mass is 15.0. The molecule has 0 saturated heterocycles. The van der Waals surface area contributed by atoms with Crippen LogP contribution in [0.3, 0.4) is 0 Å². The van der Waals surface area contributed by atoms with Gasteiger partial charge in [-0.2, -0.15) is 5.26 Å². The number of aromatic nitrogens is 1. The van der Waals surface area contributed by atoms with Crippen LogP contribution in [0.2, 0.25) is 0 Å². The SMILES string of the molecule is CCC(CC)CNc1ncc(C#N)cc1N. The molecule has 1 rings (SSSR count). The molecule has 1 heterocycles. The van der Waals surface area contributed by atoms with E-state index in [1.54, 1.807) is 6.07 Å². The summed E-state index contributed by atoms with van der Waals surface area (Å²) >= 11 is 0. The number of hydrogen-bond donors (Lipinski definition) is 2. The van der Waals surface area contributed by atoms with E-state index in [4.69, 9.17) is 11.0 Å². The van der Waals surface area contributed by atoms with Gasteiger partial charge in [0.2, 0.25) is 0 Å². The Bertz CT molecular complexity index is 377. The Hall–Kier alpha value is -1.76. The smallest absolute Gasteiger partial charge is 0.149 e. The molecule has 4 nitrogen and oxygen atoms in total. The first kappa shape index (κ1) is 12.3. The van der Waals surface area contributed by atoms with Gasteiger partial charge >= 0.3 is 0 Å². The van der Waals surface area contributed by atoms with Crippen LogP contribution in [-0.2, 0) is 0 Å². The highest BCUT2D eigenvalue weighted by Gasteiger charge is 2.06. The first-order valence-corrected chi connectivity index (χ1v) is 5.60. The summed E-state index contributed by atoms with van der Waals surface area (Å²) in [5, 5.41) is 11.9. The lowest BCUT2D eigenvalue weighted by molar-refractivity contribution is 0.518. The van der Waals surface area contributed by atoms with E-state index in [1.165, 1.54) is 6.20 Å². The van der Waals surface area contributed by atoms with Crippen molar-refractivity contribution in [1.82, 2.24) is 4.98 Å². The lowest BCUT2D eigenvalue weighted by Crippen LogP contribution is -2.14. The van der Waals surface area contributed by atoms with Crippen molar-refractivity contribution in [3.63, 3.8) is 0 Å². The van der Waals surface area contributed by atoms with Gasteiger partial charge in [-0.15, -0.1) is 0 Å². The predicted octanol–water partition coefficient (Wildman–Crippen LogP) is 2.38. The minimum Gasteiger partial charge on any atom is -0.396 e. The molecule has 1 aromatic rings. The fourth-order valence-corrected chi connectivity index (χ4v) is 1.51. The Balaban J connectivity index is 2.65. The van der Waals surface area contributed by atoms with E-state index in [2.05, 4.69) is 24.1 Å². The zero-order valence-corrected chi connectivity index (χ0v) is 9.83. The van der Waals surface area contributed by atoms with Gasteiger partial charge in [0.1, 0.15) is 11.9 Å².